The van der Waals surface area contributed by atoms with Crippen LogP contribution in [0.4, 0.5) is 4.39 Å². The Morgan fingerprint density at radius 3 is 2.94 bits per heavy atom. The smallest absolute Gasteiger partial charge is 0.340 e. The van der Waals surface area contributed by atoms with Crippen molar-refractivity contribution < 1.29 is 24.1 Å². The van der Waals surface area contributed by atoms with Gasteiger partial charge in [-0.3, -0.25) is 0 Å². The quantitative estimate of drug-likeness (QED) is 0.895. The molecular weight excluding hydrogens is 283 g/mol. The molecule has 0 spiro atoms. The molecule has 1 aliphatic heterocycles. The van der Waals surface area contributed by atoms with Gasteiger partial charge in [-0.1, -0.05) is 11.6 Å². The highest BCUT2D eigenvalue weighted by atomic mass is 35.5. The van der Waals surface area contributed by atoms with E-state index in [0.29, 0.717) is 10.6 Å². The molecule has 0 radical (unpaired) electrons. The van der Waals surface area contributed by atoms with Gasteiger partial charge in [0, 0.05) is 28.8 Å². The number of carboxylic acid groups (broad SMARTS) is 1. The van der Waals surface area contributed by atoms with Crippen molar-refractivity contribution in [1.29, 1.82) is 0 Å². The average molecular weight is 293 g/mol. The number of benzene rings is 1. The molecule has 0 saturated heterocycles. The Kier molecular flexibility index (Phi) is 3.70. The fraction of sp³-hybridized carbons (Fsp3) is 0.364. The number of alkyl halides is 1. The first kappa shape index (κ1) is 13.5. The third-order valence-corrected chi connectivity index (χ3v) is 4.08. The molecule has 18 heavy (non-hydrogen) atoms. The number of rotatable bonds is 3. The van der Waals surface area contributed by atoms with Crippen molar-refractivity contribution in [2.45, 2.75) is 16.9 Å². The molecule has 1 heterocycles. The number of ether oxygens (including phenoxy) is 1. The Balaban J connectivity index is 2.61. The van der Waals surface area contributed by atoms with Crippen LogP contribution >= 0.6 is 23.4 Å². The summed E-state index contributed by atoms with van der Waals surface area (Å²) < 4.78 is 17.1. The third kappa shape index (κ3) is 2.15. The Morgan fingerprint density at radius 2 is 2.33 bits per heavy atom. The van der Waals surface area contributed by atoms with Crippen molar-refractivity contribution in [3.05, 3.63) is 22.7 Å². The fourth-order valence-corrected chi connectivity index (χ4v) is 3.30. The molecule has 0 aromatic heterocycles. The van der Waals surface area contributed by atoms with Gasteiger partial charge in [0.05, 0.1) is 4.90 Å². The highest BCUT2D eigenvalue weighted by molar-refractivity contribution is 7.99. The van der Waals surface area contributed by atoms with Gasteiger partial charge in [-0.15, -0.1) is 11.8 Å². The number of thioether (sulfide) groups is 1. The van der Waals surface area contributed by atoms with Gasteiger partial charge >= 0.3 is 5.97 Å². The van der Waals surface area contributed by atoms with Crippen molar-refractivity contribution in [3.8, 4) is 5.75 Å². The minimum Gasteiger partial charge on any atom is -0.479 e. The summed E-state index contributed by atoms with van der Waals surface area (Å²) in [7, 11) is 0. The molecule has 0 saturated carbocycles. The lowest BCUT2D eigenvalue weighted by Gasteiger charge is -2.31. The number of hydrogen-bond donors (Lipinski definition) is 2. The first-order valence-corrected chi connectivity index (χ1v) is 6.46. The van der Waals surface area contributed by atoms with E-state index in [-0.39, 0.29) is 22.8 Å². The van der Waals surface area contributed by atoms with Gasteiger partial charge in [0.1, 0.15) is 5.75 Å². The normalized spacial score (nSPS) is 22.4. The second-order valence-corrected chi connectivity index (χ2v) is 5.34. The molecule has 0 fully saturated rings. The predicted molar refractivity (Wildman–Crippen MR) is 64.9 cm³/mol. The maximum atomic E-state index is 12.3. The topological polar surface area (TPSA) is 66.8 Å². The Bertz CT molecular complexity index is 496. The molecule has 4 nitrogen and oxygen atoms in total. The van der Waals surface area contributed by atoms with Crippen LogP contribution in [0, 0.1) is 0 Å². The number of halogens is 2. The molecule has 0 amide bonds. The van der Waals surface area contributed by atoms with E-state index in [1.54, 1.807) is 0 Å². The van der Waals surface area contributed by atoms with Gasteiger partial charge in [-0.2, -0.15) is 0 Å². The summed E-state index contributed by atoms with van der Waals surface area (Å²) in [6.45, 7) is -1.04. The standard InChI is InChI=1S/C11H10ClFO4S/c12-6-3-7-9(8(4-6)17-5-13)18-2-1-11(7,16)10(14)15/h3-4,16H,1-2,5H2,(H,14,15)/t11-/m1/s1. The molecule has 0 aliphatic carbocycles. The molecule has 0 bridgehead atoms. The second-order valence-electron chi connectivity index (χ2n) is 3.80. The number of hydrogen-bond acceptors (Lipinski definition) is 4. The molecule has 0 unspecified atom stereocenters. The van der Waals surface area contributed by atoms with Crippen molar-refractivity contribution in [2.75, 3.05) is 12.6 Å². The zero-order chi connectivity index (χ0) is 13.3. The number of carbonyl (C=O) groups is 1. The molecule has 1 atom stereocenters. The third-order valence-electron chi connectivity index (χ3n) is 2.74. The highest BCUT2D eigenvalue weighted by Gasteiger charge is 2.43. The van der Waals surface area contributed by atoms with E-state index in [9.17, 15) is 14.3 Å². The minimum atomic E-state index is -2.00. The van der Waals surface area contributed by atoms with Crippen molar-refractivity contribution in [2.24, 2.45) is 0 Å². The first-order valence-electron chi connectivity index (χ1n) is 5.10. The zero-order valence-electron chi connectivity index (χ0n) is 9.15. The van der Waals surface area contributed by atoms with E-state index in [1.807, 2.05) is 0 Å². The monoisotopic (exact) mass is 292 g/mol. The molecule has 98 valence electrons. The van der Waals surface area contributed by atoms with Crippen LogP contribution in [0.15, 0.2) is 17.0 Å². The summed E-state index contributed by atoms with van der Waals surface area (Å²) in [4.78, 5) is 11.6. The maximum absolute atomic E-state index is 12.3. The Morgan fingerprint density at radius 1 is 1.61 bits per heavy atom. The van der Waals surface area contributed by atoms with E-state index in [4.69, 9.17) is 21.4 Å². The summed E-state index contributed by atoms with van der Waals surface area (Å²) in [6, 6.07) is 2.78. The Labute approximate surface area is 112 Å². The number of aliphatic hydroxyl groups is 1. The van der Waals surface area contributed by atoms with Gasteiger partial charge in [0.15, 0.2) is 5.60 Å². The van der Waals surface area contributed by atoms with Crippen LogP contribution in [-0.4, -0.2) is 28.8 Å². The van der Waals surface area contributed by atoms with E-state index < -0.39 is 18.4 Å². The summed E-state index contributed by atoms with van der Waals surface area (Å²) in [5.74, 6) is -0.790. The molecular formula is C11H10ClFO4S. The Hall–Kier alpha value is -0.980. The van der Waals surface area contributed by atoms with Gasteiger partial charge in [0.2, 0.25) is 6.86 Å². The van der Waals surface area contributed by atoms with Crippen molar-refractivity contribution >= 4 is 29.3 Å². The average Bonchev–Trinajstić information content (AvgIpc) is 2.31. The number of aliphatic carboxylic acids is 1. The van der Waals surface area contributed by atoms with Crippen molar-refractivity contribution in [3.63, 3.8) is 0 Å². The lowest BCUT2D eigenvalue weighted by Crippen LogP contribution is -2.38. The predicted octanol–water partition coefficient (Wildman–Crippen LogP) is 2.41. The second kappa shape index (κ2) is 4.95. The maximum Gasteiger partial charge on any atom is 0.340 e. The van der Waals surface area contributed by atoms with E-state index in [1.165, 1.54) is 23.9 Å². The van der Waals surface area contributed by atoms with Crippen LogP contribution in [0.3, 0.4) is 0 Å². The van der Waals surface area contributed by atoms with Crippen LogP contribution in [0.25, 0.3) is 0 Å². The van der Waals surface area contributed by atoms with Gasteiger partial charge in [-0.05, 0) is 6.07 Å². The molecule has 1 aromatic carbocycles. The number of carboxylic acids is 1. The minimum absolute atomic E-state index is 0.0649. The molecule has 7 heteroatoms. The van der Waals surface area contributed by atoms with Crippen molar-refractivity contribution in [1.82, 2.24) is 0 Å². The summed E-state index contributed by atoms with van der Waals surface area (Å²) >= 11 is 7.14. The van der Waals surface area contributed by atoms with Crippen LogP contribution in [-0.2, 0) is 10.4 Å². The van der Waals surface area contributed by atoms with Crippen LogP contribution in [0.1, 0.15) is 12.0 Å². The SMILES string of the molecule is O=C(O)[C@@]1(O)CCSc2c(OCF)cc(Cl)cc21. The fourth-order valence-electron chi connectivity index (χ4n) is 1.85. The molecule has 1 aliphatic rings. The van der Waals surface area contributed by atoms with E-state index >= 15 is 0 Å². The van der Waals surface area contributed by atoms with Gasteiger partial charge < -0.3 is 14.9 Å². The highest BCUT2D eigenvalue weighted by Crippen LogP contribution is 2.46. The number of fused-ring (bicyclic) bond motifs is 1. The first-order chi connectivity index (χ1) is 8.49. The summed E-state index contributed by atoms with van der Waals surface area (Å²) in [6.07, 6.45) is 0.0649. The molecule has 1 aromatic rings. The van der Waals surface area contributed by atoms with Gasteiger partial charge in [-0.25, -0.2) is 9.18 Å². The molecule has 2 rings (SSSR count). The van der Waals surface area contributed by atoms with Gasteiger partial charge in [0.25, 0.3) is 0 Å². The lowest BCUT2D eigenvalue weighted by atomic mass is 9.90. The van der Waals surface area contributed by atoms with Crippen LogP contribution in [0.5, 0.6) is 5.75 Å². The summed E-state index contributed by atoms with van der Waals surface area (Å²) in [5.41, 5.74) is -1.85. The van der Waals surface area contributed by atoms with E-state index in [2.05, 4.69) is 0 Å². The van der Waals surface area contributed by atoms with Crippen LogP contribution in [0.2, 0.25) is 5.02 Å². The van der Waals surface area contributed by atoms with Crippen LogP contribution < -0.4 is 4.74 Å². The zero-order valence-corrected chi connectivity index (χ0v) is 10.7. The largest absolute Gasteiger partial charge is 0.479 e. The molecule has 2 N–H and O–H groups in total. The lowest BCUT2D eigenvalue weighted by molar-refractivity contribution is -0.160. The van der Waals surface area contributed by atoms with E-state index in [0.717, 1.165) is 0 Å². The summed E-state index contributed by atoms with van der Waals surface area (Å²) in [5, 5.41) is 19.5.